The van der Waals surface area contributed by atoms with Crippen molar-refractivity contribution in [2.75, 3.05) is 11.9 Å². The lowest BCUT2D eigenvalue weighted by atomic mass is 10.1. The van der Waals surface area contributed by atoms with E-state index in [-0.39, 0.29) is 36.6 Å². The molecule has 0 saturated carbocycles. The average Bonchev–Trinajstić information content (AvgIpc) is 2.83. The number of hydrogen-bond acceptors (Lipinski definition) is 6. The number of amides is 2. The van der Waals surface area contributed by atoms with Crippen molar-refractivity contribution in [3.05, 3.63) is 11.1 Å². The van der Waals surface area contributed by atoms with E-state index in [1.165, 1.54) is 13.1 Å². The highest BCUT2D eigenvalue weighted by Crippen LogP contribution is 2.17. The Balaban J connectivity index is 0.00000400. The van der Waals surface area contributed by atoms with Gasteiger partial charge in [-0.05, 0) is 5.92 Å². The number of anilines is 1. The van der Waals surface area contributed by atoms with E-state index in [1.54, 1.807) is 0 Å². The molecular weight excluding hydrogens is 316 g/mol. The SMILES string of the molecule is CC(=O)c1cnc(NC(=O)CNC(=O)[C@@H](N)C(C)C)s1.Cl. The molecule has 21 heavy (non-hydrogen) atoms. The monoisotopic (exact) mass is 334 g/mol. The van der Waals surface area contributed by atoms with E-state index in [9.17, 15) is 14.4 Å². The fraction of sp³-hybridized carbons (Fsp3) is 0.500. The van der Waals surface area contributed by atoms with Gasteiger partial charge in [0.25, 0.3) is 0 Å². The highest BCUT2D eigenvalue weighted by Gasteiger charge is 2.18. The molecule has 7 nitrogen and oxygen atoms in total. The molecule has 0 bridgehead atoms. The Morgan fingerprint density at radius 1 is 1.38 bits per heavy atom. The highest BCUT2D eigenvalue weighted by molar-refractivity contribution is 7.17. The Kier molecular flexibility index (Phi) is 8.08. The van der Waals surface area contributed by atoms with Crippen molar-refractivity contribution >= 4 is 46.5 Å². The number of rotatable bonds is 6. The molecule has 118 valence electrons. The Morgan fingerprint density at radius 3 is 2.48 bits per heavy atom. The molecule has 1 heterocycles. The van der Waals surface area contributed by atoms with Gasteiger partial charge >= 0.3 is 0 Å². The fourth-order valence-electron chi connectivity index (χ4n) is 1.25. The predicted molar refractivity (Wildman–Crippen MR) is 83.8 cm³/mol. The first-order valence-corrected chi connectivity index (χ1v) is 6.92. The zero-order chi connectivity index (χ0) is 15.3. The zero-order valence-corrected chi connectivity index (χ0v) is 13.6. The third-order valence-corrected chi connectivity index (χ3v) is 3.56. The van der Waals surface area contributed by atoms with Crippen LogP contribution in [0.15, 0.2) is 6.20 Å². The number of nitrogens with one attached hydrogen (secondary N) is 2. The number of carbonyl (C=O) groups excluding carboxylic acids is 3. The number of Topliss-reactive ketones (excluding diaryl/α,β-unsaturated/α-hetero) is 1. The summed E-state index contributed by atoms with van der Waals surface area (Å²) in [4.78, 5) is 38.6. The largest absolute Gasteiger partial charge is 0.346 e. The van der Waals surface area contributed by atoms with Gasteiger partial charge in [0.05, 0.1) is 23.7 Å². The summed E-state index contributed by atoms with van der Waals surface area (Å²) in [5, 5.41) is 5.27. The van der Waals surface area contributed by atoms with Crippen molar-refractivity contribution in [3.63, 3.8) is 0 Å². The number of thiazole rings is 1. The number of nitrogens with two attached hydrogens (primary N) is 1. The summed E-state index contributed by atoms with van der Waals surface area (Å²) in [6, 6.07) is -0.646. The molecule has 0 aliphatic carbocycles. The lowest BCUT2D eigenvalue weighted by Gasteiger charge is -2.14. The standard InChI is InChI=1S/C12H18N4O3S.ClH/c1-6(2)10(13)11(19)14-5-9(18)16-12-15-4-8(20-12)7(3)17;/h4,6,10H,5,13H2,1-3H3,(H,14,19)(H,15,16,18);1H/t10-;/m0./s1. The van der Waals surface area contributed by atoms with Crippen LogP contribution in [-0.4, -0.2) is 35.2 Å². The van der Waals surface area contributed by atoms with Gasteiger partial charge in [0.1, 0.15) is 0 Å². The smallest absolute Gasteiger partial charge is 0.245 e. The normalized spacial score (nSPS) is 11.5. The summed E-state index contributed by atoms with van der Waals surface area (Å²) in [5.74, 6) is -0.910. The van der Waals surface area contributed by atoms with Gasteiger partial charge in [0.15, 0.2) is 10.9 Å². The Hall–Kier alpha value is -1.51. The van der Waals surface area contributed by atoms with E-state index >= 15 is 0 Å². The van der Waals surface area contributed by atoms with E-state index in [0.29, 0.717) is 10.0 Å². The average molecular weight is 335 g/mol. The van der Waals surface area contributed by atoms with E-state index in [2.05, 4.69) is 15.6 Å². The number of carbonyl (C=O) groups is 3. The molecule has 0 unspecified atom stereocenters. The minimum atomic E-state index is -0.646. The maximum Gasteiger partial charge on any atom is 0.245 e. The van der Waals surface area contributed by atoms with Crippen LogP contribution in [0.25, 0.3) is 0 Å². The van der Waals surface area contributed by atoms with Crippen molar-refractivity contribution in [1.29, 1.82) is 0 Å². The van der Waals surface area contributed by atoms with Crippen LogP contribution < -0.4 is 16.4 Å². The Labute approximate surface area is 133 Å². The van der Waals surface area contributed by atoms with E-state index in [0.717, 1.165) is 11.3 Å². The van der Waals surface area contributed by atoms with Crippen LogP contribution in [0.1, 0.15) is 30.4 Å². The van der Waals surface area contributed by atoms with Gasteiger partial charge in [-0.15, -0.1) is 12.4 Å². The molecule has 9 heteroatoms. The van der Waals surface area contributed by atoms with Gasteiger partial charge in [-0.3, -0.25) is 14.4 Å². The number of halogens is 1. The maximum atomic E-state index is 11.6. The first kappa shape index (κ1) is 19.5. The summed E-state index contributed by atoms with van der Waals surface area (Å²) >= 11 is 1.08. The second-order valence-electron chi connectivity index (χ2n) is 4.62. The summed E-state index contributed by atoms with van der Waals surface area (Å²) < 4.78 is 0. The van der Waals surface area contributed by atoms with Gasteiger partial charge in [0.2, 0.25) is 11.8 Å². The van der Waals surface area contributed by atoms with Crippen LogP contribution >= 0.6 is 23.7 Å². The Bertz CT molecular complexity index is 518. The zero-order valence-electron chi connectivity index (χ0n) is 12.0. The molecular formula is C12H19ClN4O3S. The summed E-state index contributed by atoms with van der Waals surface area (Å²) in [6.07, 6.45) is 1.40. The van der Waals surface area contributed by atoms with Crippen LogP contribution in [0.3, 0.4) is 0 Å². The first-order chi connectivity index (χ1) is 9.31. The van der Waals surface area contributed by atoms with Gasteiger partial charge in [0, 0.05) is 6.92 Å². The molecule has 1 atom stereocenters. The maximum absolute atomic E-state index is 11.6. The second-order valence-corrected chi connectivity index (χ2v) is 5.65. The molecule has 2 amide bonds. The van der Waals surface area contributed by atoms with Crippen LogP contribution in [0.4, 0.5) is 5.13 Å². The van der Waals surface area contributed by atoms with Crippen molar-refractivity contribution in [3.8, 4) is 0 Å². The molecule has 0 aliphatic rings. The lowest BCUT2D eigenvalue weighted by molar-refractivity contribution is -0.125. The van der Waals surface area contributed by atoms with Gasteiger partial charge in [-0.1, -0.05) is 25.2 Å². The summed E-state index contributed by atoms with van der Waals surface area (Å²) in [5.41, 5.74) is 5.64. The third-order valence-electron chi connectivity index (χ3n) is 2.54. The van der Waals surface area contributed by atoms with E-state index in [1.807, 2.05) is 13.8 Å². The molecule has 1 aromatic heterocycles. The van der Waals surface area contributed by atoms with Crippen LogP contribution in [0, 0.1) is 5.92 Å². The second kappa shape index (κ2) is 8.71. The van der Waals surface area contributed by atoms with Crippen molar-refractivity contribution in [2.45, 2.75) is 26.8 Å². The summed E-state index contributed by atoms with van der Waals surface area (Å²) in [6.45, 7) is 4.88. The van der Waals surface area contributed by atoms with Crippen LogP contribution in [-0.2, 0) is 9.59 Å². The van der Waals surface area contributed by atoms with E-state index in [4.69, 9.17) is 5.73 Å². The quantitative estimate of drug-likeness (QED) is 0.666. The lowest BCUT2D eigenvalue weighted by Crippen LogP contribution is -2.46. The third kappa shape index (κ3) is 6.19. The summed E-state index contributed by atoms with van der Waals surface area (Å²) in [7, 11) is 0. The number of aromatic nitrogens is 1. The number of hydrogen-bond donors (Lipinski definition) is 3. The molecule has 1 aromatic rings. The van der Waals surface area contributed by atoms with Gasteiger partial charge < -0.3 is 16.4 Å². The van der Waals surface area contributed by atoms with Crippen molar-refractivity contribution < 1.29 is 14.4 Å². The van der Waals surface area contributed by atoms with E-state index < -0.39 is 11.9 Å². The topological polar surface area (TPSA) is 114 Å². The number of ketones is 1. The minimum Gasteiger partial charge on any atom is -0.346 e. The highest BCUT2D eigenvalue weighted by atomic mass is 35.5. The van der Waals surface area contributed by atoms with Crippen LogP contribution in [0.2, 0.25) is 0 Å². The molecule has 0 spiro atoms. The van der Waals surface area contributed by atoms with Gasteiger partial charge in [-0.2, -0.15) is 0 Å². The van der Waals surface area contributed by atoms with Crippen molar-refractivity contribution in [2.24, 2.45) is 11.7 Å². The Morgan fingerprint density at radius 2 is 2.00 bits per heavy atom. The van der Waals surface area contributed by atoms with Gasteiger partial charge in [-0.25, -0.2) is 4.98 Å². The first-order valence-electron chi connectivity index (χ1n) is 6.11. The molecule has 0 radical (unpaired) electrons. The molecule has 0 aromatic carbocycles. The minimum absolute atomic E-state index is 0. The van der Waals surface area contributed by atoms with Crippen molar-refractivity contribution in [1.82, 2.24) is 10.3 Å². The molecule has 1 rings (SSSR count). The molecule has 0 aliphatic heterocycles. The predicted octanol–water partition coefficient (Wildman–Crippen LogP) is 0.805. The molecule has 4 N–H and O–H groups in total. The number of nitrogens with zero attached hydrogens (tertiary/aromatic N) is 1. The van der Waals surface area contributed by atoms with Crippen LogP contribution in [0.5, 0.6) is 0 Å². The molecule has 0 fully saturated rings. The fourth-order valence-corrected chi connectivity index (χ4v) is 1.97. The molecule has 0 saturated heterocycles.